The summed E-state index contributed by atoms with van der Waals surface area (Å²) in [6, 6.07) is 12.0. The Morgan fingerprint density at radius 2 is 1.54 bits per heavy atom. The molecule has 1 N–H and O–H groups in total. The average molecular weight is 499 g/mol. The van der Waals surface area contributed by atoms with E-state index in [0.717, 1.165) is 22.4 Å². The SMILES string of the molecule is Cc1ccc(S(=O)(=O)N2CCC[C@H]2C(=O)N2CCN(CC(=O)Nc3c(C)cccc3C)CC2)cc1. The first-order valence-corrected chi connectivity index (χ1v) is 13.6. The van der Waals surface area contributed by atoms with Crippen LogP contribution in [0.25, 0.3) is 0 Å². The van der Waals surface area contributed by atoms with Crippen LogP contribution in [-0.4, -0.2) is 79.6 Å². The minimum absolute atomic E-state index is 0.0756. The number of para-hydroxylation sites is 1. The molecule has 2 amide bonds. The van der Waals surface area contributed by atoms with Gasteiger partial charge in [0.25, 0.3) is 0 Å². The number of hydrogen-bond acceptors (Lipinski definition) is 5. The quantitative estimate of drug-likeness (QED) is 0.661. The molecule has 0 radical (unpaired) electrons. The number of amides is 2. The summed E-state index contributed by atoms with van der Waals surface area (Å²) >= 11 is 0. The van der Waals surface area contributed by atoms with Crippen LogP contribution < -0.4 is 5.32 Å². The van der Waals surface area contributed by atoms with Crippen LogP contribution in [0.2, 0.25) is 0 Å². The fourth-order valence-corrected chi connectivity index (χ4v) is 6.50. The zero-order valence-corrected chi connectivity index (χ0v) is 21.5. The van der Waals surface area contributed by atoms with Crippen molar-refractivity contribution in [2.75, 3.05) is 44.6 Å². The molecule has 2 aliphatic heterocycles. The highest BCUT2D eigenvalue weighted by atomic mass is 32.2. The Bertz CT molecular complexity index is 1170. The first-order chi connectivity index (χ1) is 16.7. The van der Waals surface area contributed by atoms with Crippen molar-refractivity contribution in [3.8, 4) is 0 Å². The number of carbonyl (C=O) groups is 2. The molecule has 1 atom stereocenters. The van der Waals surface area contributed by atoms with Crippen LogP contribution in [-0.2, 0) is 19.6 Å². The summed E-state index contributed by atoms with van der Waals surface area (Å²) in [5, 5.41) is 3.01. The van der Waals surface area contributed by atoms with Gasteiger partial charge in [0.1, 0.15) is 6.04 Å². The lowest BCUT2D eigenvalue weighted by Crippen LogP contribution is -2.55. The molecule has 4 rings (SSSR count). The predicted molar refractivity (Wildman–Crippen MR) is 136 cm³/mol. The third-order valence-electron chi connectivity index (χ3n) is 6.91. The van der Waals surface area contributed by atoms with Crippen molar-refractivity contribution >= 4 is 27.5 Å². The Labute approximate surface area is 207 Å². The van der Waals surface area contributed by atoms with Crippen molar-refractivity contribution in [3.05, 3.63) is 59.2 Å². The summed E-state index contributed by atoms with van der Waals surface area (Å²) in [6.45, 7) is 8.56. The van der Waals surface area contributed by atoms with Gasteiger partial charge in [-0.15, -0.1) is 0 Å². The summed E-state index contributed by atoms with van der Waals surface area (Å²) < 4.78 is 27.8. The molecule has 0 unspecified atom stereocenters. The van der Waals surface area contributed by atoms with Gasteiger partial charge in [0.2, 0.25) is 21.8 Å². The summed E-state index contributed by atoms with van der Waals surface area (Å²) in [5.74, 6) is -0.217. The monoisotopic (exact) mass is 498 g/mol. The van der Waals surface area contributed by atoms with Gasteiger partial charge in [0.05, 0.1) is 11.4 Å². The molecular weight excluding hydrogens is 464 g/mol. The van der Waals surface area contributed by atoms with E-state index in [9.17, 15) is 18.0 Å². The van der Waals surface area contributed by atoms with E-state index < -0.39 is 16.1 Å². The molecule has 2 aromatic carbocycles. The van der Waals surface area contributed by atoms with Crippen LogP contribution in [0.5, 0.6) is 0 Å². The van der Waals surface area contributed by atoms with E-state index in [0.29, 0.717) is 45.6 Å². The molecule has 2 heterocycles. The second kappa shape index (κ2) is 10.5. The number of anilines is 1. The minimum Gasteiger partial charge on any atom is -0.339 e. The molecule has 9 heteroatoms. The van der Waals surface area contributed by atoms with Gasteiger partial charge < -0.3 is 10.2 Å². The van der Waals surface area contributed by atoms with Gasteiger partial charge in [-0.1, -0.05) is 35.9 Å². The largest absolute Gasteiger partial charge is 0.339 e. The molecule has 35 heavy (non-hydrogen) atoms. The van der Waals surface area contributed by atoms with Crippen molar-refractivity contribution in [1.82, 2.24) is 14.1 Å². The predicted octanol–water partition coefficient (Wildman–Crippen LogP) is 2.55. The molecular formula is C26H34N4O4S. The van der Waals surface area contributed by atoms with Crippen LogP contribution in [0.3, 0.4) is 0 Å². The maximum atomic E-state index is 13.3. The van der Waals surface area contributed by atoms with E-state index in [1.165, 1.54) is 4.31 Å². The molecule has 188 valence electrons. The lowest BCUT2D eigenvalue weighted by atomic mass is 10.1. The molecule has 2 saturated heterocycles. The average Bonchev–Trinajstić information content (AvgIpc) is 3.33. The Balaban J connectivity index is 1.34. The van der Waals surface area contributed by atoms with Gasteiger partial charge in [-0.2, -0.15) is 4.31 Å². The molecule has 0 aromatic heterocycles. The highest BCUT2D eigenvalue weighted by molar-refractivity contribution is 7.89. The number of rotatable bonds is 6. The molecule has 8 nitrogen and oxygen atoms in total. The van der Waals surface area contributed by atoms with E-state index in [-0.39, 0.29) is 23.3 Å². The van der Waals surface area contributed by atoms with Crippen molar-refractivity contribution in [1.29, 1.82) is 0 Å². The summed E-state index contributed by atoms with van der Waals surface area (Å²) in [7, 11) is -3.73. The highest BCUT2D eigenvalue weighted by Crippen LogP contribution is 2.28. The van der Waals surface area contributed by atoms with Crippen molar-refractivity contribution in [2.45, 2.75) is 44.6 Å². The topological polar surface area (TPSA) is 90.0 Å². The Morgan fingerprint density at radius 3 is 2.17 bits per heavy atom. The Hall–Kier alpha value is -2.75. The maximum Gasteiger partial charge on any atom is 0.243 e. The smallest absolute Gasteiger partial charge is 0.243 e. The number of benzene rings is 2. The van der Waals surface area contributed by atoms with Gasteiger partial charge in [0.15, 0.2) is 0 Å². The summed E-state index contributed by atoms with van der Waals surface area (Å²) in [4.78, 5) is 29.9. The third-order valence-corrected chi connectivity index (χ3v) is 8.84. The van der Waals surface area contributed by atoms with Crippen LogP contribution in [0.4, 0.5) is 5.69 Å². The molecule has 0 spiro atoms. The molecule has 0 aliphatic carbocycles. The van der Waals surface area contributed by atoms with Crippen molar-refractivity contribution in [2.24, 2.45) is 0 Å². The number of aryl methyl sites for hydroxylation is 3. The second-order valence-corrected chi connectivity index (χ2v) is 11.4. The van der Waals surface area contributed by atoms with E-state index in [2.05, 4.69) is 5.32 Å². The number of sulfonamides is 1. The standard InChI is InChI=1S/C26H34N4O4S/c1-19-9-11-22(12-10-19)35(33,34)30-13-5-8-23(30)26(32)29-16-14-28(15-17-29)18-24(31)27-25-20(2)6-4-7-21(25)3/h4,6-7,9-12,23H,5,8,13-18H2,1-3H3,(H,27,31)/t23-/m0/s1. The van der Waals surface area contributed by atoms with Crippen LogP contribution >= 0.6 is 0 Å². The Kier molecular flexibility index (Phi) is 7.59. The lowest BCUT2D eigenvalue weighted by molar-refractivity contribution is -0.136. The lowest BCUT2D eigenvalue weighted by Gasteiger charge is -2.36. The van der Waals surface area contributed by atoms with E-state index in [1.54, 1.807) is 29.2 Å². The summed E-state index contributed by atoms with van der Waals surface area (Å²) in [5.41, 5.74) is 3.88. The molecule has 2 aliphatic rings. The zero-order chi connectivity index (χ0) is 25.2. The summed E-state index contributed by atoms with van der Waals surface area (Å²) in [6.07, 6.45) is 1.20. The van der Waals surface area contributed by atoms with Crippen LogP contribution in [0.1, 0.15) is 29.5 Å². The highest BCUT2D eigenvalue weighted by Gasteiger charge is 2.41. The minimum atomic E-state index is -3.73. The van der Waals surface area contributed by atoms with Gasteiger partial charge >= 0.3 is 0 Å². The first-order valence-electron chi connectivity index (χ1n) is 12.1. The number of nitrogens with one attached hydrogen (secondary N) is 1. The first kappa shape index (κ1) is 25.3. The normalized spacial score (nSPS) is 19.6. The van der Waals surface area contributed by atoms with E-state index in [4.69, 9.17) is 0 Å². The van der Waals surface area contributed by atoms with Gasteiger partial charge in [0, 0.05) is 38.4 Å². The Morgan fingerprint density at radius 1 is 0.914 bits per heavy atom. The van der Waals surface area contributed by atoms with Crippen molar-refractivity contribution < 1.29 is 18.0 Å². The van der Waals surface area contributed by atoms with Crippen LogP contribution in [0, 0.1) is 20.8 Å². The molecule has 2 aromatic rings. The number of hydrogen-bond donors (Lipinski definition) is 1. The van der Waals surface area contributed by atoms with Gasteiger partial charge in [-0.25, -0.2) is 8.42 Å². The van der Waals surface area contributed by atoms with E-state index in [1.807, 2.05) is 43.9 Å². The van der Waals surface area contributed by atoms with E-state index >= 15 is 0 Å². The number of nitrogens with zero attached hydrogens (tertiary/aromatic N) is 3. The number of carbonyl (C=O) groups excluding carboxylic acids is 2. The van der Waals surface area contributed by atoms with Crippen LogP contribution in [0.15, 0.2) is 47.4 Å². The van der Waals surface area contributed by atoms with Gasteiger partial charge in [-0.3, -0.25) is 14.5 Å². The van der Waals surface area contributed by atoms with Gasteiger partial charge in [-0.05, 0) is 56.9 Å². The molecule has 2 fully saturated rings. The maximum absolute atomic E-state index is 13.3. The fraction of sp³-hybridized carbons (Fsp3) is 0.462. The second-order valence-electron chi connectivity index (χ2n) is 9.50. The molecule has 0 bridgehead atoms. The molecule has 0 saturated carbocycles. The zero-order valence-electron chi connectivity index (χ0n) is 20.7. The fourth-order valence-electron chi connectivity index (χ4n) is 4.85. The third kappa shape index (κ3) is 5.58. The number of piperazine rings is 1. The van der Waals surface area contributed by atoms with Crippen molar-refractivity contribution in [3.63, 3.8) is 0 Å².